The number of Topliss-reactive ketones (excluding diaryl/α,β-unsaturated/α-hetero) is 1. The minimum atomic E-state index is -1.64. The number of carbonyl (C=O) groups excluding carboxylic acids is 1. The first-order chi connectivity index (χ1) is 29.5. The number of carbonyl (C=O) groups is 1. The molecule has 3 aliphatic heterocycles. The van der Waals surface area contributed by atoms with Gasteiger partial charge in [-0.1, -0.05) is 152 Å². The normalized spacial score (nSPS) is 30.0. The third-order valence-corrected chi connectivity index (χ3v) is 17.6. The highest BCUT2D eigenvalue weighted by Crippen LogP contribution is 2.66. The van der Waals surface area contributed by atoms with Crippen LogP contribution in [-0.4, -0.2) is 33.5 Å². The molecule has 5 heteroatoms. The molecule has 4 aliphatic rings. The Balaban J connectivity index is 1.27. The number of fused-ring (bicyclic) bond motifs is 3. The molecule has 1 N–H and O–H groups in total. The first kappa shape index (κ1) is 52.1. The minimum Gasteiger partial charge on any atom is -0.487 e. The molecule has 0 amide bonds. The van der Waals surface area contributed by atoms with Crippen LogP contribution in [0.25, 0.3) is 0 Å². The Morgan fingerprint density at radius 2 is 0.968 bits per heavy atom. The van der Waals surface area contributed by atoms with Crippen LogP contribution >= 0.6 is 0 Å². The maximum Gasteiger partial charge on any atom is 0.243 e. The van der Waals surface area contributed by atoms with Crippen LogP contribution in [0.3, 0.4) is 0 Å². The zero-order valence-corrected chi connectivity index (χ0v) is 43.8. The lowest BCUT2D eigenvalue weighted by atomic mass is 9.51. The Morgan fingerprint density at radius 3 is 1.44 bits per heavy atom. The first-order valence-electron chi connectivity index (χ1n) is 26.7. The van der Waals surface area contributed by atoms with Crippen molar-refractivity contribution >= 4 is 5.78 Å². The number of aliphatic hydroxyl groups is 1. The third-order valence-electron chi connectivity index (χ3n) is 17.6. The summed E-state index contributed by atoms with van der Waals surface area (Å²) in [7, 11) is 0. The van der Waals surface area contributed by atoms with Gasteiger partial charge in [0.05, 0.1) is 11.0 Å². The van der Waals surface area contributed by atoms with E-state index in [0.29, 0.717) is 24.3 Å². The molecule has 9 atom stereocenters. The van der Waals surface area contributed by atoms with E-state index in [4.69, 9.17) is 14.2 Å². The summed E-state index contributed by atoms with van der Waals surface area (Å²) in [6.45, 7) is 33.7. The molecule has 1 aromatic rings. The van der Waals surface area contributed by atoms with Crippen molar-refractivity contribution in [1.29, 1.82) is 0 Å². The molecule has 3 heterocycles. The number of hydrogen-bond donors (Lipinski definition) is 1. The molecular formula is C58H98O5. The highest BCUT2D eigenvalue weighted by molar-refractivity contribution is 6.04. The van der Waals surface area contributed by atoms with E-state index < -0.39 is 22.4 Å². The largest absolute Gasteiger partial charge is 0.487 e. The van der Waals surface area contributed by atoms with Gasteiger partial charge in [0.25, 0.3) is 0 Å². The van der Waals surface area contributed by atoms with Gasteiger partial charge >= 0.3 is 0 Å². The van der Waals surface area contributed by atoms with Crippen LogP contribution in [0.1, 0.15) is 247 Å². The molecule has 9 unspecified atom stereocenters. The minimum absolute atomic E-state index is 0.190. The quantitative estimate of drug-likeness (QED) is 0.112. The van der Waals surface area contributed by atoms with Crippen LogP contribution in [0.4, 0.5) is 0 Å². The molecule has 0 aromatic heterocycles. The van der Waals surface area contributed by atoms with Gasteiger partial charge in [-0.2, -0.15) is 0 Å². The smallest absolute Gasteiger partial charge is 0.243 e. The Labute approximate surface area is 388 Å². The Morgan fingerprint density at radius 1 is 0.540 bits per heavy atom. The molecule has 0 saturated carbocycles. The van der Waals surface area contributed by atoms with Crippen LogP contribution < -0.4 is 9.47 Å². The molecule has 0 bridgehead atoms. The van der Waals surface area contributed by atoms with Crippen molar-refractivity contribution in [3.8, 4) is 11.5 Å². The average molecular weight is 875 g/mol. The number of benzene rings is 1. The van der Waals surface area contributed by atoms with E-state index in [-0.39, 0.29) is 11.4 Å². The van der Waals surface area contributed by atoms with Crippen molar-refractivity contribution in [2.45, 2.75) is 274 Å². The van der Waals surface area contributed by atoms with E-state index in [1.54, 1.807) is 6.92 Å². The van der Waals surface area contributed by atoms with Crippen molar-refractivity contribution in [2.24, 2.45) is 40.9 Å². The lowest BCUT2D eigenvalue weighted by molar-refractivity contribution is -0.350. The summed E-state index contributed by atoms with van der Waals surface area (Å²) in [4.78, 5) is 14.2. The fourth-order valence-corrected chi connectivity index (χ4v) is 12.6. The number of ketones is 1. The van der Waals surface area contributed by atoms with E-state index >= 15 is 0 Å². The Kier molecular flexibility index (Phi) is 17.7. The summed E-state index contributed by atoms with van der Waals surface area (Å²) in [5.41, 5.74) is 2.71. The van der Waals surface area contributed by atoms with Crippen LogP contribution in [-0.2, 0) is 22.4 Å². The van der Waals surface area contributed by atoms with Gasteiger partial charge in [0.15, 0.2) is 5.78 Å². The summed E-state index contributed by atoms with van der Waals surface area (Å²) in [6.07, 6.45) is 26.6. The van der Waals surface area contributed by atoms with E-state index in [1.807, 2.05) is 13.8 Å². The average Bonchev–Trinajstić information content (AvgIpc) is 3.20. The molecule has 1 fully saturated rings. The van der Waals surface area contributed by atoms with Crippen LogP contribution in [0.5, 0.6) is 11.5 Å². The molecule has 360 valence electrons. The molecule has 0 spiro atoms. The predicted molar refractivity (Wildman–Crippen MR) is 265 cm³/mol. The second kappa shape index (κ2) is 21.4. The van der Waals surface area contributed by atoms with Gasteiger partial charge < -0.3 is 19.3 Å². The van der Waals surface area contributed by atoms with E-state index in [2.05, 4.69) is 83.1 Å². The summed E-state index contributed by atoms with van der Waals surface area (Å²) in [5.74, 6) is 5.17. The monoisotopic (exact) mass is 875 g/mol. The summed E-state index contributed by atoms with van der Waals surface area (Å²) >= 11 is 0. The maximum absolute atomic E-state index is 14.2. The van der Waals surface area contributed by atoms with Gasteiger partial charge in [0.1, 0.15) is 22.7 Å². The fraction of sp³-hybridized carbons (Fsp3) is 0.845. The van der Waals surface area contributed by atoms with E-state index in [0.717, 1.165) is 102 Å². The van der Waals surface area contributed by atoms with Crippen molar-refractivity contribution in [3.05, 3.63) is 33.4 Å². The fourth-order valence-electron chi connectivity index (χ4n) is 12.6. The first-order valence-corrected chi connectivity index (χ1v) is 26.7. The molecule has 5 nitrogen and oxygen atoms in total. The molecule has 5 rings (SSSR count). The SMILES string of the molecule is CC1=C(C)C23Oc4c(C)c(C)c5c(c4CC2(CCC(C)(CCCC(C)CCCC(C)CCCC(C)C)O3)C(C)(O)C1=O)CCC(C)(CCCC(C)CCCC(C)CCCC(C)C)O5. The van der Waals surface area contributed by atoms with Crippen molar-refractivity contribution < 1.29 is 24.1 Å². The number of hydrogen-bond acceptors (Lipinski definition) is 5. The highest BCUT2D eigenvalue weighted by atomic mass is 16.7. The van der Waals surface area contributed by atoms with Crippen LogP contribution in [0.15, 0.2) is 11.1 Å². The molecule has 63 heavy (non-hydrogen) atoms. The Hall–Kier alpha value is -1.85. The predicted octanol–water partition coefficient (Wildman–Crippen LogP) is 16.1. The second-order valence-electron chi connectivity index (χ2n) is 24.3. The molecular weight excluding hydrogens is 777 g/mol. The Bertz CT molecular complexity index is 1720. The van der Waals surface area contributed by atoms with Gasteiger partial charge in [0.2, 0.25) is 5.79 Å². The zero-order chi connectivity index (χ0) is 46.5. The molecule has 1 saturated heterocycles. The van der Waals surface area contributed by atoms with Gasteiger partial charge in [0, 0.05) is 22.3 Å². The third kappa shape index (κ3) is 11.6. The van der Waals surface area contributed by atoms with E-state index in [1.165, 1.54) is 102 Å². The lowest BCUT2D eigenvalue weighted by Gasteiger charge is -2.65. The topological polar surface area (TPSA) is 65.0 Å². The number of ether oxygens (including phenoxy) is 3. The summed E-state index contributed by atoms with van der Waals surface area (Å²) in [5, 5.41) is 12.7. The van der Waals surface area contributed by atoms with Crippen LogP contribution in [0, 0.1) is 54.8 Å². The molecule has 0 radical (unpaired) electrons. The van der Waals surface area contributed by atoms with E-state index in [9.17, 15) is 9.90 Å². The maximum atomic E-state index is 14.2. The van der Waals surface area contributed by atoms with Gasteiger partial charge in [-0.05, 0) is 146 Å². The van der Waals surface area contributed by atoms with Crippen molar-refractivity contribution in [3.63, 3.8) is 0 Å². The van der Waals surface area contributed by atoms with Gasteiger partial charge in [-0.25, -0.2) is 0 Å². The van der Waals surface area contributed by atoms with Crippen molar-refractivity contribution in [2.75, 3.05) is 0 Å². The summed E-state index contributed by atoms with van der Waals surface area (Å²) < 4.78 is 22.1. The van der Waals surface area contributed by atoms with Gasteiger partial charge in [-0.15, -0.1) is 0 Å². The molecule has 1 aromatic carbocycles. The molecule has 1 aliphatic carbocycles. The lowest BCUT2D eigenvalue weighted by Crippen LogP contribution is -2.76. The standard InChI is InChI=1S/C58H98O5/c1-39(2)22-16-24-41(5)26-18-28-43(7)30-20-33-54(13)35-32-49-50-38-57-37-36-55(14,34-21-31-44(8)29-19-27-42(6)25-17-23-40(3)4)63-58(57,48(12)47(11)53(59)56(57,15)60)62-52(50)46(10)45(9)51(49)61-54/h39-44,60H,16-38H2,1-15H3. The van der Waals surface area contributed by atoms with Crippen LogP contribution in [0.2, 0.25) is 0 Å². The zero-order valence-electron chi connectivity index (χ0n) is 43.8. The van der Waals surface area contributed by atoms with Crippen molar-refractivity contribution in [1.82, 2.24) is 0 Å². The highest BCUT2D eigenvalue weighted by Gasteiger charge is 2.75. The summed E-state index contributed by atoms with van der Waals surface area (Å²) in [6, 6.07) is 0. The number of rotatable bonds is 24. The second-order valence-corrected chi connectivity index (χ2v) is 24.3. The van der Waals surface area contributed by atoms with Gasteiger partial charge in [-0.3, -0.25) is 4.79 Å².